The number of ether oxygens (including phenoxy) is 4. The molecule has 0 saturated heterocycles. The second-order valence-electron chi connectivity index (χ2n) is 6.10. The maximum Gasteiger partial charge on any atom is 0.321 e. The number of esters is 1. The number of methoxy groups -OCH3 is 3. The van der Waals surface area contributed by atoms with Crippen LogP contribution in [0, 0.1) is 0 Å². The van der Waals surface area contributed by atoms with Gasteiger partial charge in [-0.3, -0.25) is 9.59 Å². The Morgan fingerprint density at radius 3 is 1.85 bits per heavy atom. The third kappa shape index (κ3) is 4.58. The van der Waals surface area contributed by atoms with Gasteiger partial charge < -0.3 is 18.9 Å². The van der Waals surface area contributed by atoms with Gasteiger partial charge in [0.25, 0.3) is 0 Å². The molecule has 6 heteroatoms. The molecule has 0 heterocycles. The summed E-state index contributed by atoms with van der Waals surface area (Å²) < 4.78 is 21.3. The van der Waals surface area contributed by atoms with Crippen molar-refractivity contribution >= 4 is 11.8 Å². The molecule has 2 rings (SSSR count). The highest BCUT2D eigenvalue weighted by molar-refractivity contribution is 6.15. The predicted octanol–water partition coefficient (Wildman–Crippen LogP) is 3.63. The van der Waals surface area contributed by atoms with Crippen molar-refractivity contribution in [2.75, 3.05) is 21.3 Å². The van der Waals surface area contributed by atoms with Gasteiger partial charge in [0, 0.05) is 12.1 Å². The summed E-state index contributed by atoms with van der Waals surface area (Å²) >= 11 is 0. The van der Waals surface area contributed by atoms with E-state index in [1.807, 2.05) is 6.07 Å². The van der Waals surface area contributed by atoms with Gasteiger partial charge in [0.1, 0.15) is 28.7 Å². The van der Waals surface area contributed by atoms with Gasteiger partial charge in [-0.15, -0.1) is 0 Å². The quantitative estimate of drug-likeness (QED) is 0.400. The third-order valence-electron chi connectivity index (χ3n) is 3.94. The van der Waals surface area contributed by atoms with Gasteiger partial charge in [0.2, 0.25) is 0 Å². The lowest BCUT2D eigenvalue weighted by Gasteiger charge is -2.20. The first kappa shape index (κ1) is 20.3. The molecule has 0 N–H and O–H groups in total. The first-order valence-electron chi connectivity index (χ1n) is 8.52. The van der Waals surface area contributed by atoms with E-state index in [0.717, 1.165) is 0 Å². The van der Waals surface area contributed by atoms with Crippen LogP contribution in [0.25, 0.3) is 0 Å². The molecule has 2 aromatic carbocycles. The molecule has 0 amide bonds. The van der Waals surface area contributed by atoms with E-state index in [9.17, 15) is 9.59 Å². The van der Waals surface area contributed by atoms with E-state index >= 15 is 0 Å². The molecule has 0 aromatic heterocycles. The minimum atomic E-state index is -1.13. The molecule has 0 aliphatic carbocycles. The van der Waals surface area contributed by atoms with Gasteiger partial charge in [0.15, 0.2) is 5.78 Å². The number of rotatable bonds is 8. The summed E-state index contributed by atoms with van der Waals surface area (Å²) in [6.45, 7) is 3.47. The highest BCUT2D eigenvalue weighted by Crippen LogP contribution is 2.37. The maximum absolute atomic E-state index is 13.4. The molecule has 0 fully saturated rings. The molecule has 27 heavy (non-hydrogen) atoms. The van der Waals surface area contributed by atoms with Crippen LogP contribution < -0.4 is 14.2 Å². The number of Topliss-reactive ketones (excluding diaryl/α,β-unsaturated/α-hetero) is 1. The van der Waals surface area contributed by atoms with E-state index in [4.69, 9.17) is 18.9 Å². The molecule has 0 bridgehead atoms. The number of hydrogen-bond donors (Lipinski definition) is 0. The van der Waals surface area contributed by atoms with Gasteiger partial charge in [-0.05, 0) is 19.4 Å². The molecule has 2 aromatic rings. The zero-order valence-electron chi connectivity index (χ0n) is 16.1. The van der Waals surface area contributed by atoms with Crippen molar-refractivity contribution in [1.29, 1.82) is 0 Å². The molecule has 1 atom stereocenters. The Morgan fingerprint density at radius 1 is 0.852 bits per heavy atom. The standard InChI is InChI=1S/C21H24O6/c1-13(2)27-21(23)18(14-9-7-6-8-10-14)20(22)19-16(25-4)11-15(24-3)12-17(19)26-5/h6-13,18H,1-5H3. The van der Waals surface area contributed by atoms with Crippen molar-refractivity contribution < 1.29 is 28.5 Å². The summed E-state index contributed by atoms with van der Waals surface area (Å²) in [7, 11) is 4.38. The first-order chi connectivity index (χ1) is 12.9. The smallest absolute Gasteiger partial charge is 0.321 e. The van der Waals surface area contributed by atoms with Crippen molar-refractivity contribution in [3.63, 3.8) is 0 Å². The zero-order chi connectivity index (χ0) is 20.0. The first-order valence-corrected chi connectivity index (χ1v) is 8.52. The molecular weight excluding hydrogens is 348 g/mol. The van der Waals surface area contributed by atoms with Crippen LogP contribution in [0.15, 0.2) is 42.5 Å². The highest BCUT2D eigenvalue weighted by atomic mass is 16.5. The Kier molecular flexibility index (Phi) is 6.82. The van der Waals surface area contributed by atoms with Crippen LogP contribution in [0.4, 0.5) is 0 Å². The molecule has 0 aliphatic rings. The Bertz CT molecular complexity index is 773. The van der Waals surface area contributed by atoms with E-state index in [1.165, 1.54) is 21.3 Å². The highest BCUT2D eigenvalue weighted by Gasteiger charge is 2.35. The molecular formula is C21H24O6. The number of benzene rings is 2. The normalized spacial score (nSPS) is 11.6. The summed E-state index contributed by atoms with van der Waals surface area (Å²) in [5, 5.41) is 0. The maximum atomic E-state index is 13.4. The third-order valence-corrected chi connectivity index (χ3v) is 3.94. The average Bonchev–Trinajstić information content (AvgIpc) is 2.67. The van der Waals surface area contributed by atoms with Crippen LogP contribution in [0.2, 0.25) is 0 Å². The van der Waals surface area contributed by atoms with E-state index in [-0.39, 0.29) is 23.2 Å². The number of carbonyl (C=O) groups excluding carboxylic acids is 2. The predicted molar refractivity (Wildman–Crippen MR) is 101 cm³/mol. The van der Waals surface area contributed by atoms with Gasteiger partial charge in [0.05, 0.1) is 27.4 Å². The number of hydrogen-bond acceptors (Lipinski definition) is 6. The Balaban J connectivity index is 2.60. The fourth-order valence-electron chi connectivity index (χ4n) is 2.73. The topological polar surface area (TPSA) is 71.1 Å². The van der Waals surface area contributed by atoms with E-state index in [2.05, 4.69) is 0 Å². The number of ketones is 1. The molecule has 0 spiro atoms. The van der Waals surface area contributed by atoms with Crippen LogP contribution in [0.3, 0.4) is 0 Å². The van der Waals surface area contributed by atoms with E-state index in [0.29, 0.717) is 11.3 Å². The SMILES string of the molecule is COc1cc(OC)c(C(=O)C(C(=O)OC(C)C)c2ccccc2)c(OC)c1. The molecule has 0 aliphatic heterocycles. The van der Waals surface area contributed by atoms with Crippen LogP contribution in [-0.2, 0) is 9.53 Å². The summed E-state index contributed by atoms with van der Waals surface area (Å²) in [4.78, 5) is 26.2. The summed E-state index contributed by atoms with van der Waals surface area (Å²) in [6, 6.07) is 11.9. The fourth-order valence-corrected chi connectivity index (χ4v) is 2.73. The molecule has 0 radical (unpaired) electrons. The lowest BCUT2D eigenvalue weighted by atomic mass is 9.89. The van der Waals surface area contributed by atoms with Crippen LogP contribution >= 0.6 is 0 Å². The van der Waals surface area contributed by atoms with Crippen molar-refractivity contribution in [1.82, 2.24) is 0 Å². The molecule has 144 valence electrons. The Morgan fingerprint density at radius 2 is 1.41 bits per heavy atom. The average molecular weight is 372 g/mol. The Hall–Kier alpha value is -3.02. The largest absolute Gasteiger partial charge is 0.496 e. The summed E-state index contributed by atoms with van der Waals surface area (Å²) in [5.41, 5.74) is 0.698. The van der Waals surface area contributed by atoms with Crippen molar-refractivity contribution in [3.05, 3.63) is 53.6 Å². The second-order valence-corrected chi connectivity index (χ2v) is 6.10. The fraction of sp³-hybridized carbons (Fsp3) is 0.333. The van der Waals surface area contributed by atoms with Crippen LogP contribution in [0.5, 0.6) is 17.2 Å². The minimum Gasteiger partial charge on any atom is -0.496 e. The molecule has 6 nitrogen and oxygen atoms in total. The van der Waals surface area contributed by atoms with Crippen LogP contribution in [-0.4, -0.2) is 39.2 Å². The van der Waals surface area contributed by atoms with Gasteiger partial charge in [-0.2, -0.15) is 0 Å². The van der Waals surface area contributed by atoms with Gasteiger partial charge in [-0.25, -0.2) is 0 Å². The number of carbonyl (C=O) groups is 2. The van der Waals surface area contributed by atoms with Gasteiger partial charge >= 0.3 is 5.97 Å². The van der Waals surface area contributed by atoms with E-state index < -0.39 is 17.7 Å². The van der Waals surface area contributed by atoms with Crippen molar-refractivity contribution in [3.8, 4) is 17.2 Å². The monoisotopic (exact) mass is 372 g/mol. The molecule has 0 saturated carbocycles. The van der Waals surface area contributed by atoms with Gasteiger partial charge in [-0.1, -0.05) is 30.3 Å². The minimum absolute atomic E-state index is 0.162. The summed E-state index contributed by atoms with van der Waals surface area (Å²) in [6.07, 6.45) is -0.351. The second kappa shape index (κ2) is 9.07. The lowest BCUT2D eigenvalue weighted by molar-refractivity contribution is -0.147. The lowest BCUT2D eigenvalue weighted by Crippen LogP contribution is -2.27. The molecule has 1 unspecified atom stereocenters. The zero-order valence-corrected chi connectivity index (χ0v) is 16.1. The van der Waals surface area contributed by atoms with Crippen molar-refractivity contribution in [2.45, 2.75) is 25.9 Å². The summed E-state index contributed by atoms with van der Waals surface area (Å²) in [5.74, 6) is -1.24. The van der Waals surface area contributed by atoms with Crippen molar-refractivity contribution in [2.24, 2.45) is 0 Å². The van der Waals surface area contributed by atoms with E-state index in [1.54, 1.807) is 50.2 Å². The van der Waals surface area contributed by atoms with Crippen LogP contribution in [0.1, 0.15) is 35.7 Å². The Labute approximate surface area is 159 Å².